The number of hydrogen-bond acceptors (Lipinski definition) is 5. The van der Waals surface area contributed by atoms with Crippen molar-refractivity contribution in [2.75, 3.05) is 5.75 Å². The van der Waals surface area contributed by atoms with E-state index in [0.717, 1.165) is 21.2 Å². The molecule has 0 bridgehead atoms. The highest BCUT2D eigenvalue weighted by Gasteiger charge is 2.17. The monoisotopic (exact) mass is 488 g/mol. The Bertz CT molecular complexity index is 1340. The molecule has 0 N–H and O–H groups in total. The Morgan fingerprint density at radius 1 is 1.07 bits per heavy atom. The molecule has 29 heavy (non-hydrogen) atoms. The number of benzene rings is 2. The zero-order valence-corrected chi connectivity index (χ0v) is 18.7. The van der Waals surface area contributed by atoms with Crippen LogP contribution in [0.1, 0.15) is 5.56 Å². The summed E-state index contributed by atoms with van der Waals surface area (Å²) in [5.41, 5.74) is 2.69. The Kier molecular flexibility index (Phi) is 5.42. The van der Waals surface area contributed by atoms with Crippen LogP contribution in [0.5, 0.6) is 0 Å². The van der Waals surface area contributed by atoms with Crippen molar-refractivity contribution in [3.8, 4) is 11.1 Å². The third kappa shape index (κ3) is 4.05. The van der Waals surface area contributed by atoms with E-state index in [9.17, 15) is 13.2 Å². The van der Waals surface area contributed by atoms with E-state index in [-0.39, 0.29) is 22.8 Å². The Morgan fingerprint density at radius 2 is 1.76 bits per heavy atom. The highest BCUT2D eigenvalue weighted by molar-refractivity contribution is 9.10. The number of aromatic nitrogens is 2. The van der Waals surface area contributed by atoms with E-state index in [1.54, 1.807) is 24.3 Å². The lowest BCUT2D eigenvalue weighted by molar-refractivity contribution is 0.587. The molecule has 0 radical (unpaired) electrons. The summed E-state index contributed by atoms with van der Waals surface area (Å²) in [7, 11) is -3.50. The Morgan fingerprint density at radius 3 is 2.45 bits per heavy atom. The van der Waals surface area contributed by atoms with Crippen LogP contribution in [0.3, 0.4) is 0 Å². The molecule has 0 aliphatic heterocycles. The average Bonchev–Trinajstić information content (AvgIpc) is 3.13. The van der Waals surface area contributed by atoms with Gasteiger partial charge >= 0.3 is 0 Å². The fraction of sp³-hybridized carbons (Fsp3) is 0.143. The highest BCUT2D eigenvalue weighted by Crippen LogP contribution is 2.30. The first-order valence-electron chi connectivity index (χ1n) is 8.87. The molecule has 0 amide bonds. The lowest BCUT2D eigenvalue weighted by Gasteiger charge is -2.08. The van der Waals surface area contributed by atoms with Crippen molar-refractivity contribution in [3.63, 3.8) is 0 Å². The predicted octanol–water partition coefficient (Wildman–Crippen LogP) is 4.67. The zero-order chi connectivity index (χ0) is 20.6. The van der Waals surface area contributed by atoms with Gasteiger partial charge in [-0.3, -0.25) is 9.36 Å². The molecule has 148 valence electrons. The van der Waals surface area contributed by atoms with Crippen LogP contribution in [0, 0.1) is 6.92 Å². The summed E-state index contributed by atoms with van der Waals surface area (Å²) in [6.07, 6.45) is 1.43. The van der Waals surface area contributed by atoms with Crippen LogP contribution in [0.25, 0.3) is 21.3 Å². The summed E-state index contributed by atoms with van der Waals surface area (Å²) in [6, 6.07) is 14.4. The van der Waals surface area contributed by atoms with Crippen LogP contribution >= 0.6 is 27.3 Å². The van der Waals surface area contributed by atoms with Gasteiger partial charge in [-0.05, 0) is 36.8 Å². The minimum Gasteiger partial charge on any atom is -0.298 e. The predicted molar refractivity (Wildman–Crippen MR) is 120 cm³/mol. The maximum atomic E-state index is 13.1. The molecule has 0 saturated carbocycles. The number of halogens is 1. The second-order valence-electron chi connectivity index (χ2n) is 6.71. The van der Waals surface area contributed by atoms with Crippen molar-refractivity contribution >= 4 is 47.3 Å². The van der Waals surface area contributed by atoms with E-state index in [0.29, 0.717) is 10.2 Å². The van der Waals surface area contributed by atoms with Crippen molar-refractivity contribution in [1.29, 1.82) is 0 Å². The fourth-order valence-electron chi connectivity index (χ4n) is 3.05. The molecular formula is C21H17BrN2O3S2. The normalized spacial score (nSPS) is 11.8. The van der Waals surface area contributed by atoms with Crippen LogP contribution < -0.4 is 5.56 Å². The second-order valence-corrected chi connectivity index (χ2v) is 10.6. The molecule has 2 aromatic heterocycles. The van der Waals surface area contributed by atoms with Gasteiger partial charge in [0.15, 0.2) is 9.84 Å². The molecular weight excluding hydrogens is 472 g/mol. The van der Waals surface area contributed by atoms with E-state index in [2.05, 4.69) is 20.9 Å². The van der Waals surface area contributed by atoms with Crippen molar-refractivity contribution in [3.05, 3.63) is 80.6 Å². The molecule has 0 aliphatic carbocycles. The molecule has 0 atom stereocenters. The van der Waals surface area contributed by atoms with Gasteiger partial charge in [-0.1, -0.05) is 45.8 Å². The van der Waals surface area contributed by atoms with E-state index < -0.39 is 9.84 Å². The van der Waals surface area contributed by atoms with Crippen LogP contribution in [0.15, 0.2) is 74.4 Å². The average molecular weight is 489 g/mol. The lowest BCUT2D eigenvalue weighted by Crippen LogP contribution is -2.24. The molecule has 0 aliphatic rings. The number of hydrogen-bond donors (Lipinski definition) is 0. The summed E-state index contributed by atoms with van der Waals surface area (Å²) in [5.74, 6) is -0.175. The second kappa shape index (κ2) is 7.85. The van der Waals surface area contributed by atoms with Crippen LogP contribution in [0.2, 0.25) is 0 Å². The van der Waals surface area contributed by atoms with Gasteiger partial charge in [0, 0.05) is 22.0 Å². The van der Waals surface area contributed by atoms with Gasteiger partial charge in [0.1, 0.15) is 4.83 Å². The molecule has 8 heteroatoms. The molecule has 2 aromatic carbocycles. The number of sulfone groups is 1. The number of aryl methyl sites for hydroxylation is 2. The van der Waals surface area contributed by atoms with Gasteiger partial charge in [0.25, 0.3) is 5.56 Å². The van der Waals surface area contributed by atoms with Crippen molar-refractivity contribution < 1.29 is 8.42 Å². The summed E-state index contributed by atoms with van der Waals surface area (Å²) in [4.78, 5) is 18.3. The van der Waals surface area contributed by atoms with E-state index in [1.807, 2.05) is 36.6 Å². The molecule has 0 unspecified atom stereocenters. The van der Waals surface area contributed by atoms with Crippen LogP contribution in [-0.2, 0) is 16.4 Å². The van der Waals surface area contributed by atoms with Gasteiger partial charge in [0.05, 0.1) is 22.4 Å². The summed E-state index contributed by atoms with van der Waals surface area (Å²) in [5, 5.41) is 2.45. The SMILES string of the molecule is Cc1ccc(-c2csc3ncn(CCS(=O)(=O)c4ccc(Br)cc4)c(=O)c23)cc1. The maximum absolute atomic E-state index is 13.1. The minimum absolute atomic E-state index is 0.0450. The number of thiophene rings is 1. The lowest BCUT2D eigenvalue weighted by atomic mass is 10.1. The highest BCUT2D eigenvalue weighted by atomic mass is 79.9. The van der Waals surface area contributed by atoms with Gasteiger partial charge in [-0.25, -0.2) is 13.4 Å². The Labute approximate surface area is 180 Å². The van der Waals surface area contributed by atoms with Gasteiger partial charge in [-0.2, -0.15) is 0 Å². The molecule has 4 aromatic rings. The molecule has 0 spiro atoms. The molecule has 5 nitrogen and oxygen atoms in total. The zero-order valence-electron chi connectivity index (χ0n) is 15.5. The van der Waals surface area contributed by atoms with Crippen molar-refractivity contribution in [2.24, 2.45) is 0 Å². The number of nitrogens with zero attached hydrogens (tertiary/aromatic N) is 2. The van der Waals surface area contributed by atoms with Crippen molar-refractivity contribution in [1.82, 2.24) is 9.55 Å². The van der Waals surface area contributed by atoms with E-state index in [1.165, 1.54) is 22.2 Å². The van der Waals surface area contributed by atoms with Crippen LogP contribution in [0.4, 0.5) is 0 Å². The third-order valence-electron chi connectivity index (χ3n) is 4.70. The Balaban J connectivity index is 1.67. The third-order valence-corrected chi connectivity index (χ3v) is 7.82. The quantitative estimate of drug-likeness (QED) is 0.409. The first kappa shape index (κ1) is 20.0. The summed E-state index contributed by atoms with van der Waals surface area (Å²) < 4.78 is 27.4. The number of rotatable bonds is 5. The molecule has 4 rings (SSSR count). The topological polar surface area (TPSA) is 69.0 Å². The molecule has 2 heterocycles. The minimum atomic E-state index is -3.50. The Hall–Kier alpha value is -2.29. The van der Waals surface area contributed by atoms with Gasteiger partial charge < -0.3 is 0 Å². The summed E-state index contributed by atoms with van der Waals surface area (Å²) in [6.45, 7) is 2.05. The smallest absolute Gasteiger partial charge is 0.262 e. The maximum Gasteiger partial charge on any atom is 0.262 e. The molecule has 0 fully saturated rings. The van der Waals surface area contributed by atoms with Crippen LogP contribution in [-0.4, -0.2) is 23.7 Å². The van der Waals surface area contributed by atoms with Gasteiger partial charge in [0.2, 0.25) is 0 Å². The number of fused-ring (bicyclic) bond motifs is 1. The first-order chi connectivity index (χ1) is 13.8. The van der Waals surface area contributed by atoms with E-state index >= 15 is 0 Å². The van der Waals surface area contributed by atoms with E-state index in [4.69, 9.17) is 0 Å². The summed E-state index contributed by atoms with van der Waals surface area (Å²) >= 11 is 4.71. The molecule has 0 saturated heterocycles. The fourth-order valence-corrected chi connectivity index (χ4v) is 5.45. The van der Waals surface area contributed by atoms with Gasteiger partial charge in [-0.15, -0.1) is 11.3 Å². The van der Waals surface area contributed by atoms with Crippen molar-refractivity contribution in [2.45, 2.75) is 18.4 Å². The standard InChI is InChI=1S/C21H17BrN2O3S2/c1-14-2-4-15(5-3-14)18-12-28-20-19(18)21(25)24(13-23-20)10-11-29(26,27)17-8-6-16(22)7-9-17/h2-9,12-13H,10-11H2,1H3. The largest absolute Gasteiger partial charge is 0.298 e. The first-order valence-corrected chi connectivity index (χ1v) is 12.2.